The Morgan fingerprint density at radius 3 is 1.40 bits per heavy atom. The van der Waals surface area contributed by atoms with E-state index in [0.717, 1.165) is 24.5 Å². The molecule has 14 nitrogen and oxygen atoms in total. The highest BCUT2D eigenvalue weighted by Gasteiger charge is 2.12. The summed E-state index contributed by atoms with van der Waals surface area (Å²) in [5, 5.41) is 57.6. The molecule has 4 atom stereocenters. The molecule has 0 aliphatic heterocycles. The highest BCUT2D eigenvalue weighted by atomic mass is 75.9. The molecule has 0 aromatic heterocycles. The molecule has 0 aliphatic rings. The van der Waals surface area contributed by atoms with Crippen LogP contribution in [0.3, 0.4) is 0 Å². The van der Waals surface area contributed by atoms with E-state index in [0.29, 0.717) is 52.0 Å². The summed E-state index contributed by atoms with van der Waals surface area (Å²) in [7, 11) is 0. The number of nitrogens with zero attached hydrogens (tertiary/aromatic N) is 4. The standard InChI is InChI=1S/2C10H13BrN2O2.2C10H13BrN2O/c1-6(12)13-5-10(15)7-2-8(11)4-9(14)3-7;1-6(12)13-5-10(15)8-4-7(14)2-3-9(8)11;1-7(12)13-6-10(14)8-3-2-4-9(11)5-8;1-7(12)13-6-10(14)8-4-2-3-5-9(8)11/h2*2-4,10,14-15H,5H2,1H3,(H2,12,13);2*2-5,10,14H,6H2,1H3,(H2,12,13)/t4*10-/m0000/s1/i4*11-4. The number of aliphatic hydroxyl groups excluding tert-OH is 4. The molecule has 0 spiro atoms. The second kappa shape index (κ2) is 27.7. The molecule has 0 fully saturated rings. The minimum absolute atomic E-state index is 0.104. The SMILES string of the molecule is CC(N)=NC[C@H](O)c1cc(O)cc([76Br])c1.CC(N)=NC[C@H](O)c1cc(O)ccc1[76Br].CC(N)=NC[C@H](O)c1cccc([76Br])c1.CC(N)=NC[C@H](O)c1ccccc1[76Br]. The third-order valence-corrected chi connectivity index (χ3v) is 9.58. The first-order valence-electron chi connectivity index (χ1n) is 17.5. The van der Waals surface area contributed by atoms with E-state index >= 15 is 0 Å². The zero-order chi connectivity index (χ0) is 43.9. The summed E-state index contributed by atoms with van der Waals surface area (Å²) in [5.41, 5.74) is 24.4. The summed E-state index contributed by atoms with van der Waals surface area (Å²) < 4.78 is 3.28. The number of aromatic hydroxyl groups is 2. The number of aliphatic hydroxyl groups is 4. The van der Waals surface area contributed by atoms with Gasteiger partial charge in [-0.2, -0.15) is 0 Å². The lowest BCUT2D eigenvalue weighted by molar-refractivity contribution is 0.186. The maximum absolute atomic E-state index is 9.77. The first-order valence-corrected chi connectivity index (χ1v) is 20.6. The summed E-state index contributed by atoms with van der Waals surface area (Å²) in [4.78, 5) is 15.7. The molecule has 4 aromatic carbocycles. The summed E-state index contributed by atoms with van der Waals surface area (Å²) in [6.45, 7) is 7.70. The van der Waals surface area contributed by atoms with Crippen molar-refractivity contribution in [3.05, 3.63) is 125 Å². The fourth-order valence-corrected chi connectivity index (χ4v) is 6.34. The van der Waals surface area contributed by atoms with Gasteiger partial charge in [-0.05, 0) is 99.0 Å². The van der Waals surface area contributed by atoms with Crippen LogP contribution in [0, 0.1) is 0 Å². The Bertz CT molecular complexity index is 1960. The molecule has 0 saturated heterocycles. The average Bonchev–Trinajstić information content (AvgIpc) is 3.15. The first-order chi connectivity index (χ1) is 27.2. The number of phenols is 2. The van der Waals surface area contributed by atoms with Crippen molar-refractivity contribution in [2.75, 3.05) is 26.2 Å². The number of hydrogen-bond acceptors (Lipinski definition) is 10. The van der Waals surface area contributed by atoms with Gasteiger partial charge >= 0.3 is 0 Å². The number of rotatable bonds is 12. The fourth-order valence-electron chi connectivity index (χ4n) is 4.36. The molecule has 18 heteroatoms. The van der Waals surface area contributed by atoms with E-state index in [1.807, 2.05) is 48.5 Å². The van der Waals surface area contributed by atoms with Crippen LogP contribution < -0.4 is 22.9 Å². The average molecular weight is 1040 g/mol. The molecule has 0 amide bonds. The number of hydrogen-bond donors (Lipinski definition) is 10. The second-order valence-electron chi connectivity index (χ2n) is 12.5. The minimum Gasteiger partial charge on any atom is -0.508 e. The van der Waals surface area contributed by atoms with Crippen molar-refractivity contribution in [2.45, 2.75) is 52.1 Å². The molecule has 4 aromatic rings. The topological polar surface area (TPSA) is 275 Å². The highest BCUT2D eigenvalue weighted by Crippen LogP contribution is 2.28. The van der Waals surface area contributed by atoms with E-state index in [2.05, 4.69) is 83.7 Å². The molecule has 0 bridgehead atoms. The maximum atomic E-state index is 9.77. The van der Waals surface area contributed by atoms with Gasteiger partial charge in [-0.1, -0.05) is 94.1 Å². The predicted octanol–water partition coefficient (Wildman–Crippen LogP) is 6.85. The summed E-state index contributed by atoms with van der Waals surface area (Å²) in [6, 6.07) is 24.5. The Balaban J connectivity index is 0.000000387. The van der Waals surface area contributed by atoms with Crippen molar-refractivity contribution < 1.29 is 30.6 Å². The molecular formula is C40H52Br4N8O6. The highest BCUT2D eigenvalue weighted by molar-refractivity contribution is 9.11. The zero-order valence-electron chi connectivity index (χ0n) is 32.5. The molecule has 0 saturated carbocycles. The largest absolute Gasteiger partial charge is 0.508 e. The van der Waals surface area contributed by atoms with Crippen LogP contribution in [0.1, 0.15) is 74.4 Å². The fraction of sp³-hybridized carbons (Fsp3) is 0.300. The van der Waals surface area contributed by atoms with Gasteiger partial charge in [-0.25, -0.2) is 0 Å². The molecule has 0 heterocycles. The van der Waals surface area contributed by atoms with E-state index in [4.69, 9.17) is 22.9 Å². The van der Waals surface area contributed by atoms with Gasteiger partial charge in [0, 0.05) is 23.5 Å². The predicted molar refractivity (Wildman–Crippen MR) is 248 cm³/mol. The molecule has 0 unspecified atom stereocenters. The first kappa shape index (κ1) is 52.1. The maximum Gasteiger partial charge on any atom is 0.117 e. The molecule has 58 heavy (non-hydrogen) atoms. The van der Waals surface area contributed by atoms with Gasteiger partial charge in [0.25, 0.3) is 0 Å². The molecule has 0 aliphatic carbocycles. The van der Waals surface area contributed by atoms with Gasteiger partial charge in [0.2, 0.25) is 0 Å². The third-order valence-electron chi connectivity index (χ3n) is 7.18. The van der Waals surface area contributed by atoms with E-state index in [9.17, 15) is 30.6 Å². The van der Waals surface area contributed by atoms with Crippen LogP contribution >= 0.6 is 63.7 Å². The second-order valence-corrected chi connectivity index (χ2v) is 16.1. The smallest absolute Gasteiger partial charge is 0.117 e. The Hall–Kier alpha value is -3.88. The van der Waals surface area contributed by atoms with Crippen molar-refractivity contribution >= 4 is 87.1 Å². The van der Waals surface area contributed by atoms with Crippen molar-refractivity contribution in [1.29, 1.82) is 0 Å². The number of benzene rings is 4. The van der Waals surface area contributed by atoms with Gasteiger partial charge in [0.05, 0.1) is 73.9 Å². The third kappa shape index (κ3) is 22.3. The van der Waals surface area contributed by atoms with Crippen LogP contribution in [0.2, 0.25) is 0 Å². The lowest BCUT2D eigenvalue weighted by Gasteiger charge is -2.10. The van der Waals surface area contributed by atoms with Gasteiger partial charge in [0.15, 0.2) is 0 Å². The van der Waals surface area contributed by atoms with Gasteiger partial charge < -0.3 is 53.6 Å². The van der Waals surface area contributed by atoms with Gasteiger partial charge in [-0.3, -0.25) is 20.0 Å². The lowest BCUT2D eigenvalue weighted by atomic mass is 10.1. The monoisotopic (exact) mass is 1040 g/mol. The van der Waals surface area contributed by atoms with Crippen molar-refractivity contribution in [3.63, 3.8) is 0 Å². The van der Waals surface area contributed by atoms with Crippen LogP contribution in [-0.2, 0) is 0 Å². The minimum atomic E-state index is -0.773. The number of amidine groups is 4. The summed E-state index contributed by atoms with van der Waals surface area (Å²) in [6.07, 6.45) is -2.73. The lowest BCUT2D eigenvalue weighted by Crippen LogP contribution is -2.10. The summed E-state index contributed by atoms with van der Waals surface area (Å²) in [5.74, 6) is 2.03. The van der Waals surface area contributed by atoms with Crippen LogP contribution in [0.4, 0.5) is 0 Å². The normalized spacial score (nSPS) is 14.0. The van der Waals surface area contributed by atoms with Crippen molar-refractivity contribution in [1.82, 2.24) is 0 Å². The van der Waals surface area contributed by atoms with Crippen LogP contribution in [0.15, 0.2) is 123 Å². The van der Waals surface area contributed by atoms with E-state index in [1.165, 1.54) is 18.2 Å². The van der Waals surface area contributed by atoms with Gasteiger partial charge in [0.1, 0.15) is 11.5 Å². The number of aliphatic imine (C=N–C) groups is 4. The molecular weight excluding hydrogens is 992 g/mol. The van der Waals surface area contributed by atoms with E-state index < -0.39 is 24.4 Å². The van der Waals surface area contributed by atoms with Crippen LogP contribution in [0.25, 0.3) is 0 Å². The van der Waals surface area contributed by atoms with E-state index in [1.54, 1.807) is 45.9 Å². The quantitative estimate of drug-likeness (QED) is 0.0521. The molecule has 14 N–H and O–H groups in total. The number of nitrogens with two attached hydrogens (primary N) is 4. The molecule has 316 valence electrons. The number of phenolic OH excluding ortho intramolecular Hbond substituents is 2. The van der Waals surface area contributed by atoms with Crippen LogP contribution in [-0.4, -0.2) is 80.2 Å². The molecule has 4 rings (SSSR count). The Labute approximate surface area is 373 Å². The van der Waals surface area contributed by atoms with Gasteiger partial charge in [-0.15, -0.1) is 0 Å². The Kier molecular flexibility index (Phi) is 24.9. The summed E-state index contributed by atoms with van der Waals surface area (Å²) >= 11 is 13.2. The van der Waals surface area contributed by atoms with Crippen molar-refractivity contribution in [2.24, 2.45) is 42.9 Å². The Morgan fingerprint density at radius 2 is 0.914 bits per heavy atom. The van der Waals surface area contributed by atoms with E-state index in [-0.39, 0.29) is 24.6 Å². The number of halogens is 4. The Morgan fingerprint density at radius 1 is 0.466 bits per heavy atom. The zero-order valence-corrected chi connectivity index (χ0v) is 38.9. The molecule has 0 radical (unpaired) electrons. The van der Waals surface area contributed by atoms with Crippen molar-refractivity contribution in [3.8, 4) is 11.5 Å². The van der Waals surface area contributed by atoms with Crippen LogP contribution in [0.5, 0.6) is 11.5 Å².